The van der Waals surface area contributed by atoms with E-state index in [1.165, 1.54) is 11.0 Å². The van der Waals surface area contributed by atoms with Gasteiger partial charge in [0.1, 0.15) is 6.33 Å². The predicted octanol–water partition coefficient (Wildman–Crippen LogP) is 1.38. The lowest BCUT2D eigenvalue weighted by atomic mass is 10.1. The minimum Gasteiger partial charge on any atom is -0.352 e. The molecule has 0 spiro atoms. The van der Waals surface area contributed by atoms with Crippen LogP contribution in [0.1, 0.15) is 28.0 Å². The van der Waals surface area contributed by atoms with E-state index >= 15 is 0 Å². The molecule has 0 radical (unpaired) electrons. The van der Waals surface area contributed by atoms with E-state index in [0.717, 1.165) is 35.4 Å². The van der Waals surface area contributed by atoms with Gasteiger partial charge in [0.05, 0.1) is 11.4 Å². The topological polar surface area (TPSA) is 103 Å². The van der Waals surface area contributed by atoms with Gasteiger partial charge < -0.3 is 5.32 Å². The molecule has 0 unspecified atom stereocenters. The Hall–Kier alpha value is -3.62. The lowest BCUT2D eigenvalue weighted by molar-refractivity contribution is 0.0953. The Labute approximate surface area is 155 Å². The van der Waals surface area contributed by atoms with Crippen LogP contribution in [0.15, 0.2) is 49.1 Å². The van der Waals surface area contributed by atoms with E-state index in [2.05, 4.69) is 30.9 Å². The number of amides is 1. The summed E-state index contributed by atoms with van der Waals surface area (Å²) in [5, 5.41) is 18.3. The number of hydrogen-bond acceptors (Lipinski definition) is 6. The number of nitrogens with one attached hydrogen (secondary N) is 1. The quantitative estimate of drug-likeness (QED) is 0.520. The molecule has 0 aliphatic carbocycles. The highest BCUT2D eigenvalue weighted by Gasteiger charge is 2.07. The summed E-state index contributed by atoms with van der Waals surface area (Å²) in [6.45, 7) is 2.52. The van der Waals surface area contributed by atoms with Gasteiger partial charge in [0.15, 0.2) is 5.65 Å². The minimum atomic E-state index is -0.124. The first kappa shape index (κ1) is 16.8. The maximum atomic E-state index is 12.4. The van der Waals surface area contributed by atoms with Crippen molar-refractivity contribution in [2.45, 2.75) is 19.8 Å². The first-order valence-electron chi connectivity index (χ1n) is 8.61. The predicted molar refractivity (Wildman–Crippen MR) is 97.5 cm³/mol. The first-order valence-corrected chi connectivity index (χ1v) is 8.61. The molecule has 0 saturated carbocycles. The number of aromatic nitrogens is 7. The van der Waals surface area contributed by atoms with Gasteiger partial charge in [-0.15, -0.1) is 5.10 Å². The third-order valence-electron chi connectivity index (χ3n) is 4.14. The fourth-order valence-corrected chi connectivity index (χ4v) is 2.83. The molecule has 1 N–H and O–H groups in total. The van der Waals surface area contributed by atoms with Crippen molar-refractivity contribution < 1.29 is 4.79 Å². The summed E-state index contributed by atoms with van der Waals surface area (Å²) < 4.78 is 3.30. The summed E-state index contributed by atoms with van der Waals surface area (Å²) >= 11 is 0. The van der Waals surface area contributed by atoms with E-state index in [4.69, 9.17) is 0 Å². The molecule has 0 aliphatic heterocycles. The molecular weight excluding hydrogens is 344 g/mol. The summed E-state index contributed by atoms with van der Waals surface area (Å²) in [7, 11) is 0. The molecule has 9 nitrogen and oxygen atoms in total. The third kappa shape index (κ3) is 3.81. The Morgan fingerprint density at radius 3 is 3.04 bits per heavy atom. The van der Waals surface area contributed by atoms with Crippen molar-refractivity contribution in [2.24, 2.45) is 0 Å². The van der Waals surface area contributed by atoms with E-state index in [0.29, 0.717) is 12.1 Å². The van der Waals surface area contributed by atoms with Crippen molar-refractivity contribution in [1.29, 1.82) is 0 Å². The Kier molecular flexibility index (Phi) is 4.56. The van der Waals surface area contributed by atoms with E-state index in [1.54, 1.807) is 22.7 Å². The monoisotopic (exact) mass is 362 g/mol. The zero-order chi connectivity index (χ0) is 18.6. The molecular formula is C18H18N8O. The highest BCUT2D eigenvalue weighted by Crippen LogP contribution is 2.09. The number of hydrogen-bond donors (Lipinski definition) is 1. The van der Waals surface area contributed by atoms with E-state index in [1.807, 2.05) is 31.5 Å². The van der Waals surface area contributed by atoms with Crippen LogP contribution in [-0.2, 0) is 6.42 Å². The standard InChI is InChI=1S/C18H18N8O/c1-13-8-17-20-10-14(11-25(17)22-13)4-3-7-19-18(27)15-5-2-6-16(9-15)26-12-21-23-24-26/h2,5-6,8-12H,3-4,7H2,1H3,(H,19,27). The molecule has 0 aliphatic rings. The number of nitrogens with zero attached hydrogens (tertiary/aromatic N) is 7. The Morgan fingerprint density at radius 2 is 2.19 bits per heavy atom. The van der Waals surface area contributed by atoms with Crippen molar-refractivity contribution in [3.8, 4) is 5.69 Å². The number of tetrazole rings is 1. The van der Waals surface area contributed by atoms with Gasteiger partial charge in [-0.3, -0.25) is 4.79 Å². The highest BCUT2D eigenvalue weighted by atomic mass is 16.1. The Morgan fingerprint density at radius 1 is 1.26 bits per heavy atom. The number of fused-ring (bicyclic) bond motifs is 1. The molecule has 1 aromatic carbocycles. The van der Waals surface area contributed by atoms with Crippen LogP contribution >= 0.6 is 0 Å². The average molecular weight is 362 g/mol. The minimum absolute atomic E-state index is 0.124. The van der Waals surface area contributed by atoms with Crippen molar-refractivity contribution in [3.63, 3.8) is 0 Å². The van der Waals surface area contributed by atoms with Crippen molar-refractivity contribution in [3.05, 3.63) is 65.9 Å². The maximum absolute atomic E-state index is 12.4. The number of aryl methyl sites for hydroxylation is 2. The van der Waals surface area contributed by atoms with Crippen LogP contribution in [0.25, 0.3) is 11.3 Å². The second kappa shape index (κ2) is 7.32. The molecule has 3 aromatic heterocycles. The molecule has 0 atom stereocenters. The molecule has 3 heterocycles. The fourth-order valence-electron chi connectivity index (χ4n) is 2.83. The van der Waals surface area contributed by atoms with Gasteiger partial charge in [0, 0.05) is 30.6 Å². The van der Waals surface area contributed by atoms with Crippen molar-refractivity contribution >= 4 is 11.6 Å². The highest BCUT2D eigenvalue weighted by molar-refractivity contribution is 5.94. The maximum Gasteiger partial charge on any atom is 0.251 e. The molecule has 0 bridgehead atoms. The SMILES string of the molecule is Cc1cc2ncc(CCCNC(=O)c3cccc(-n4cnnn4)c3)cn2n1. The van der Waals surface area contributed by atoms with Crippen LogP contribution in [0, 0.1) is 6.92 Å². The van der Waals surface area contributed by atoms with Crippen LogP contribution in [0.4, 0.5) is 0 Å². The van der Waals surface area contributed by atoms with E-state index < -0.39 is 0 Å². The number of carbonyl (C=O) groups is 1. The van der Waals surface area contributed by atoms with Crippen molar-refractivity contribution in [2.75, 3.05) is 6.54 Å². The molecule has 136 valence electrons. The van der Waals surface area contributed by atoms with Gasteiger partial charge >= 0.3 is 0 Å². The summed E-state index contributed by atoms with van der Waals surface area (Å²) in [6, 6.07) is 9.10. The molecule has 4 rings (SSSR count). The summed E-state index contributed by atoms with van der Waals surface area (Å²) in [6.07, 6.45) is 6.95. The number of carbonyl (C=O) groups excluding carboxylic acids is 1. The van der Waals surface area contributed by atoms with Crippen LogP contribution < -0.4 is 5.32 Å². The molecule has 0 saturated heterocycles. The molecule has 1 amide bonds. The first-order chi connectivity index (χ1) is 13.2. The normalized spacial score (nSPS) is 11.0. The molecule has 9 heteroatoms. The third-order valence-corrected chi connectivity index (χ3v) is 4.14. The number of rotatable bonds is 6. The summed E-state index contributed by atoms with van der Waals surface area (Å²) in [5.74, 6) is -0.124. The molecule has 4 aromatic rings. The van der Waals surface area contributed by atoms with Gasteiger partial charge in [-0.25, -0.2) is 14.2 Å². The zero-order valence-corrected chi connectivity index (χ0v) is 14.8. The van der Waals surface area contributed by atoms with Gasteiger partial charge in [-0.1, -0.05) is 6.07 Å². The van der Waals surface area contributed by atoms with Crippen LogP contribution in [-0.4, -0.2) is 47.3 Å². The fraction of sp³-hybridized carbons (Fsp3) is 0.222. The Bertz CT molecular complexity index is 1070. The lowest BCUT2D eigenvalue weighted by Crippen LogP contribution is -2.25. The number of benzene rings is 1. The van der Waals surface area contributed by atoms with Crippen molar-refractivity contribution in [1.82, 2.24) is 40.1 Å². The van der Waals surface area contributed by atoms with E-state index in [-0.39, 0.29) is 5.91 Å². The van der Waals surface area contributed by atoms with Gasteiger partial charge in [-0.05, 0) is 54.0 Å². The Balaban J connectivity index is 1.32. The molecule has 0 fully saturated rings. The summed E-state index contributed by atoms with van der Waals surface area (Å²) in [5.41, 5.74) is 4.17. The smallest absolute Gasteiger partial charge is 0.251 e. The summed E-state index contributed by atoms with van der Waals surface area (Å²) in [4.78, 5) is 16.7. The van der Waals surface area contributed by atoms with Crippen LogP contribution in [0.2, 0.25) is 0 Å². The van der Waals surface area contributed by atoms with Crippen LogP contribution in [0.3, 0.4) is 0 Å². The largest absolute Gasteiger partial charge is 0.352 e. The van der Waals surface area contributed by atoms with Gasteiger partial charge in [-0.2, -0.15) is 5.10 Å². The second-order valence-electron chi connectivity index (χ2n) is 6.21. The van der Waals surface area contributed by atoms with Gasteiger partial charge in [0.25, 0.3) is 5.91 Å². The zero-order valence-electron chi connectivity index (χ0n) is 14.8. The van der Waals surface area contributed by atoms with Gasteiger partial charge in [0.2, 0.25) is 0 Å². The van der Waals surface area contributed by atoms with E-state index in [9.17, 15) is 4.79 Å². The van der Waals surface area contributed by atoms with Crippen LogP contribution in [0.5, 0.6) is 0 Å². The molecule has 27 heavy (non-hydrogen) atoms. The second-order valence-corrected chi connectivity index (χ2v) is 6.21. The average Bonchev–Trinajstić information content (AvgIpc) is 3.33. The lowest BCUT2D eigenvalue weighted by Gasteiger charge is -2.07.